The Morgan fingerprint density at radius 1 is 1.25 bits per heavy atom. The van der Waals surface area contributed by atoms with Gasteiger partial charge in [0, 0.05) is 20.1 Å². The number of nitrogens with one attached hydrogen (secondary N) is 1. The summed E-state index contributed by atoms with van der Waals surface area (Å²) in [5.41, 5.74) is 2.12. The molecule has 0 aliphatic carbocycles. The molecule has 0 aliphatic heterocycles. The lowest BCUT2D eigenvalue weighted by atomic mass is 10.0. The molecule has 2 unspecified atom stereocenters. The van der Waals surface area contributed by atoms with E-state index in [0.717, 1.165) is 0 Å². The van der Waals surface area contributed by atoms with Gasteiger partial charge in [-0.1, -0.05) is 6.92 Å². The fourth-order valence-electron chi connectivity index (χ4n) is 1.23. The lowest BCUT2D eigenvalue weighted by Crippen LogP contribution is -2.47. The molecule has 0 aliphatic rings. The van der Waals surface area contributed by atoms with Crippen LogP contribution in [-0.2, 0) is 9.59 Å². The van der Waals surface area contributed by atoms with Gasteiger partial charge in [0.2, 0.25) is 11.8 Å². The molecule has 0 aromatic carbocycles. The zero-order chi connectivity index (χ0) is 12.9. The third-order valence-corrected chi connectivity index (χ3v) is 2.86. The summed E-state index contributed by atoms with van der Waals surface area (Å²) in [7, 11) is 5.22. The van der Waals surface area contributed by atoms with Crippen LogP contribution in [-0.4, -0.2) is 55.3 Å². The summed E-state index contributed by atoms with van der Waals surface area (Å²) in [6.45, 7) is 3.96. The molecule has 2 amide bonds. The summed E-state index contributed by atoms with van der Waals surface area (Å²) in [4.78, 5) is 26.2. The highest BCUT2D eigenvalue weighted by atomic mass is 16.2. The molecule has 3 N–H and O–H groups in total. The van der Waals surface area contributed by atoms with Gasteiger partial charge in [-0.05, 0) is 14.0 Å². The fourth-order valence-corrected chi connectivity index (χ4v) is 1.23. The molecule has 6 nitrogen and oxygen atoms in total. The van der Waals surface area contributed by atoms with Crippen molar-refractivity contribution in [3.05, 3.63) is 0 Å². The molecule has 0 rings (SSSR count). The van der Waals surface area contributed by atoms with E-state index in [1.807, 2.05) is 18.9 Å². The number of likely N-dealkylation sites (N-methyl/N-ethyl adjacent to an activating group) is 2. The largest absolute Gasteiger partial charge is 0.348 e. The van der Waals surface area contributed by atoms with E-state index in [1.54, 1.807) is 21.0 Å². The third-order valence-electron chi connectivity index (χ3n) is 2.86. The second-order valence-corrected chi connectivity index (χ2v) is 4.24. The van der Waals surface area contributed by atoms with E-state index in [1.165, 1.54) is 4.90 Å². The van der Waals surface area contributed by atoms with E-state index < -0.39 is 0 Å². The van der Waals surface area contributed by atoms with Crippen LogP contribution >= 0.6 is 0 Å². The summed E-state index contributed by atoms with van der Waals surface area (Å²) < 4.78 is 0. The van der Waals surface area contributed by atoms with E-state index >= 15 is 0 Å². The average Bonchev–Trinajstić information content (AvgIpc) is 2.25. The molecule has 2 atom stereocenters. The van der Waals surface area contributed by atoms with Gasteiger partial charge in [-0.2, -0.15) is 0 Å². The van der Waals surface area contributed by atoms with Gasteiger partial charge in [0.1, 0.15) is 0 Å². The number of nitrogens with two attached hydrogens (primary N) is 1. The second-order valence-electron chi connectivity index (χ2n) is 4.24. The van der Waals surface area contributed by atoms with Gasteiger partial charge in [0.15, 0.2) is 0 Å². The number of hydrogen-bond acceptors (Lipinski definition) is 4. The van der Waals surface area contributed by atoms with Crippen molar-refractivity contribution in [1.29, 1.82) is 0 Å². The highest BCUT2D eigenvalue weighted by Crippen LogP contribution is 2.09. The summed E-state index contributed by atoms with van der Waals surface area (Å²) in [6.07, 6.45) is 0. The van der Waals surface area contributed by atoms with Crippen molar-refractivity contribution in [3.8, 4) is 0 Å². The van der Waals surface area contributed by atoms with Crippen molar-refractivity contribution < 1.29 is 9.59 Å². The number of hydrogen-bond donors (Lipinski definition) is 2. The highest BCUT2D eigenvalue weighted by Gasteiger charge is 2.24. The molecule has 0 radical (unpaired) electrons. The minimum Gasteiger partial charge on any atom is -0.348 e. The normalized spacial score (nSPS) is 14.4. The van der Waals surface area contributed by atoms with E-state index in [0.29, 0.717) is 0 Å². The van der Waals surface area contributed by atoms with E-state index in [9.17, 15) is 9.59 Å². The summed E-state index contributed by atoms with van der Waals surface area (Å²) in [6, 6.07) is -0.0487. The van der Waals surface area contributed by atoms with Gasteiger partial charge >= 0.3 is 0 Å². The topological polar surface area (TPSA) is 78.7 Å². The van der Waals surface area contributed by atoms with Crippen molar-refractivity contribution in [1.82, 2.24) is 15.2 Å². The Morgan fingerprint density at radius 2 is 1.75 bits per heavy atom. The molecule has 0 bridgehead atoms. The molecular formula is C10H22N4O2. The van der Waals surface area contributed by atoms with Crippen LogP contribution < -0.4 is 11.3 Å². The maximum atomic E-state index is 11.5. The Labute approximate surface area is 96.7 Å². The number of amides is 2. The standard InChI is InChI=1S/C10H22N4O2/c1-7(10(16)12-11)8(2)14(5)6-9(15)13(3)4/h7-8H,6,11H2,1-5H3,(H,12,16). The zero-order valence-electron chi connectivity index (χ0n) is 10.7. The van der Waals surface area contributed by atoms with Crippen LogP contribution in [0.1, 0.15) is 13.8 Å². The molecule has 0 fully saturated rings. The molecular weight excluding hydrogens is 208 g/mol. The van der Waals surface area contributed by atoms with Crippen molar-refractivity contribution in [2.24, 2.45) is 11.8 Å². The Balaban J connectivity index is 4.33. The Kier molecular flexibility index (Phi) is 5.98. The van der Waals surface area contributed by atoms with Gasteiger partial charge in [-0.15, -0.1) is 0 Å². The molecule has 94 valence electrons. The number of hydrazine groups is 1. The lowest BCUT2D eigenvalue weighted by molar-refractivity contribution is -0.132. The van der Waals surface area contributed by atoms with Crippen LogP contribution in [0.5, 0.6) is 0 Å². The highest BCUT2D eigenvalue weighted by molar-refractivity contribution is 5.79. The Hall–Kier alpha value is -1.14. The molecule has 0 heterocycles. The van der Waals surface area contributed by atoms with Crippen molar-refractivity contribution >= 4 is 11.8 Å². The van der Waals surface area contributed by atoms with E-state index in [2.05, 4.69) is 5.43 Å². The Bertz CT molecular complexity index is 255. The maximum absolute atomic E-state index is 11.5. The monoisotopic (exact) mass is 230 g/mol. The van der Waals surface area contributed by atoms with E-state index in [4.69, 9.17) is 5.84 Å². The third kappa shape index (κ3) is 4.16. The summed E-state index contributed by atoms with van der Waals surface area (Å²) >= 11 is 0. The first kappa shape index (κ1) is 14.9. The van der Waals surface area contributed by atoms with Crippen LogP contribution in [0.3, 0.4) is 0 Å². The molecule has 0 saturated carbocycles. The van der Waals surface area contributed by atoms with Crippen LogP contribution in [0, 0.1) is 5.92 Å². The maximum Gasteiger partial charge on any atom is 0.238 e. The first-order valence-corrected chi connectivity index (χ1v) is 5.22. The molecule has 0 spiro atoms. The van der Waals surface area contributed by atoms with Crippen LogP contribution in [0.2, 0.25) is 0 Å². The molecule has 0 saturated heterocycles. The fraction of sp³-hybridized carbons (Fsp3) is 0.800. The minimum absolute atomic E-state index is 0.00899. The zero-order valence-corrected chi connectivity index (χ0v) is 10.7. The number of carbonyl (C=O) groups is 2. The van der Waals surface area contributed by atoms with Gasteiger partial charge in [0.05, 0.1) is 12.5 Å². The second kappa shape index (κ2) is 6.44. The first-order valence-electron chi connectivity index (χ1n) is 5.22. The lowest BCUT2D eigenvalue weighted by Gasteiger charge is -2.29. The number of carbonyl (C=O) groups excluding carboxylic acids is 2. The van der Waals surface area contributed by atoms with Crippen LogP contribution in [0.25, 0.3) is 0 Å². The van der Waals surface area contributed by atoms with Crippen molar-refractivity contribution in [3.63, 3.8) is 0 Å². The molecule has 6 heteroatoms. The van der Waals surface area contributed by atoms with Crippen LogP contribution in [0.4, 0.5) is 0 Å². The van der Waals surface area contributed by atoms with E-state index in [-0.39, 0.29) is 30.3 Å². The summed E-state index contributed by atoms with van der Waals surface area (Å²) in [5, 5.41) is 0. The van der Waals surface area contributed by atoms with Crippen LogP contribution in [0.15, 0.2) is 0 Å². The smallest absolute Gasteiger partial charge is 0.238 e. The van der Waals surface area contributed by atoms with Gasteiger partial charge in [-0.3, -0.25) is 19.9 Å². The predicted molar refractivity (Wildman–Crippen MR) is 62.3 cm³/mol. The van der Waals surface area contributed by atoms with Gasteiger partial charge in [-0.25, -0.2) is 5.84 Å². The number of rotatable bonds is 5. The van der Waals surface area contributed by atoms with Gasteiger partial charge in [0.25, 0.3) is 0 Å². The average molecular weight is 230 g/mol. The quantitative estimate of drug-likeness (QED) is 0.361. The molecule has 0 aromatic heterocycles. The molecule has 16 heavy (non-hydrogen) atoms. The molecule has 0 aromatic rings. The minimum atomic E-state index is -0.259. The Morgan fingerprint density at radius 3 is 2.12 bits per heavy atom. The predicted octanol–water partition coefficient (Wildman–Crippen LogP) is -0.979. The summed E-state index contributed by atoms with van der Waals surface area (Å²) in [5.74, 6) is 4.59. The first-order chi connectivity index (χ1) is 7.31. The van der Waals surface area contributed by atoms with Gasteiger partial charge < -0.3 is 4.90 Å². The van der Waals surface area contributed by atoms with Crippen molar-refractivity contribution in [2.75, 3.05) is 27.7 Å². The van der Waals surface area contributed by atoms with Crippen molar-refractivity contribution in [2.45, 2.75) is 19.9 Å². The number of nitrogens with zero attached hydrogens (tertiary/aromatic N) is 2. The SMILES string of the molecule is CC(C(=O)NN)C(C)N(C)CC(=O)N(C)C.